The Morgan fingerprint density at radius 3 is 2.17 bits per heavy atom. The van der Waals surface area contributed by atoms with E-state index < -0.39 is 36.0 Å². The quantitative estimate of drug-likeness (QED) is 0.710. The van der Waals surface area contributed by atoms with Crippen molar-refractivity contribution < 1.29 is 31.1 Å². The van der Waals surface area contributed by atoms with Crippen LogP contribution in [0.2, 0.25) is 0 Å². The molecule has 132 valence electrons. The summed E-state index contributed by atoms with van der Waals surface area (Å²) in [6, 6.07) is 0. The molecule has 1 N–H and O–H groups in total. The van der Waals surface area contributed by atoms with Crippen molar-refractivity contribution in [1.29, 1.82) is 0 Å². The van der Waals surface area contributed by atoms with Crippen molar-refractivity contribution >= 4 is 17.5 Å². The second kappa shape index (κ2) is 6.37. The van der Waals surface area contributed by atoms with Crippen LogP contribution in [0.4, 0.5) is 26.3 Å². The van der Waals surface area contributed by atoms with E-state index in [1.54, 1.807) is 0 Å². The summed E-state index contributed by atoms with van der Waals surface area (Å²) in [7, 11) is 0. The van der Waals surface area contributed by atoms with Crippen LogP contribution >= 0.6 is 11.6 Å². The molecule has 0 spiro atoms. The van der Waals surface area contributed by atoms with Gasteiger partial charge in [0.05, 0.1) is 5.70 Å². The Morgan fingerprint density at radius 2 is 1.83 bits per heavy atom. The van der Waals surface area contributed by atoms with Crippen LogP contribution in [0, 0.1) is 5.92 Å². The van der Waals surface area contributed by atoms with Crippen molar-refractivity contribution in [3.05, 3.63) is 22.4 Å². The van der Waals surface area contributed by atoms with E-state index in [0.29, 0.717) is 0 Å². The predicted octanol–water partition coefficient (Wildman–Crippen LogP) is 4.86. The van der Waals surface area contributed by atoms with E-state index in [1.165, 1.54) is 6.92 Å². The molecule has 0 bridgehead atoms. The number of amides is 1. The van der Waals surface area contributed by atoms with E-state index >= 15 is 0 Å². The summed E-state index contributed by atoms with van der Waals surface area (Å²) in [6.07, 6.45) is -5.71. The van der Waals surface area contributed by atoms with Crippen molar-refractivity contribution in [2.24, 2.45) is 5.92 Å². The van der Waals surface area contributed by atoms with E-state index in [1.807, 2.05) is 0 Å². The van der Waals surface area contributed by atoms with Gasteiger partial charge in [0.1, 0.15) is 0 Å². The minimum Gasteiger partial charge on any atom is -0.325 e. The maximum atomic E-state index is 14.5. The van der Waals surface area contributed by atoms with Crippen molar-refractivity contribution in [1.82, 2.24) is 5.32 Å². The van der Waals surface area contributed by atoms with Crippen molar-refractivity contribution in [2.45, 2.75) is 51.4 Å². The Bertz CT molecular complexity index is 532. The Balaban J connectivity index is 3.39. The van der Waals surface area contributed by atoms with Crippen LogP contribution in [0.5, 0.6) is 0 Å². The highest BCUT2D eigenvalue weighted by Crippen LogP contribution is 2.53. The average Bonchev–Trinajstić information content (AvgIpc) is 2.36. The lowest BCUT2D eigenvalue weighted by molar-refractivity contribution is -0.310. The number of rotatable bonds is 4. The molecule has 2 nitrogen and oxygen atoms in total. The molecular formula is C14H16ClF6NO. The number of hydrogen-bond donors (Lipinski definition) is 1. The Labute approximate surface area is 134 Å². The first kappa shape index (κ1) is 19.9. The zero-order chi connectivity index (χ0) is 18.2. The van der Waals surface area contributed by atoms with Crippen molar-refractivity contribution in [3.8, 4) is 0 Å². The Hall–Kier alpha value is -1.18. The lowest BCUT2D eigenvalue weighted by Gasteiger charge is -2.39. The fourth-order valence-electron chi connectivity index (χ4n) is 2.51. The summed E-state index contributed by atoms with van der Waals surface area (Å²) in [6.45, 7) is 2.57. The van der Waals surface area contributed by atoms with Gasteiger partial charge in [-0.05, 0) is 18.4 Å². The second-order valence-corrected chi connectivity index (χ2v) is 5.87. The van der Waals surface area contributed by atoms with Gasteiger partial charge in [-0.15, -0.1) is 0 Å². The molecule has 0 radical (unpaired) electrons. The maximum Gasteiger partial charge on any atom is 0.429 e. The molecule has 1 aliphatic carbocycles. The molecule has 0 saturated heterocycles. The van der Waals surface area contributed by atoms with Gasteiger partial charge in [-0.1, -0.05) is 24.6 Å². The van der Waals surface area contributed by atoms with E-state index in [-0.39, 0.29) is 29.6 Å². The third-order valence-electron chi connectivity index (χ3n) is 3.64. The van der Waals surface area contributed by atoms with Gasteiger partial charge in [0, 0.05) is 24.8 Å². The SMILES string of the molecule is CCC1=CC(C(F)(C(C)(F)F)C(F)(F)F)CC(Cl)=C1NC(C)=O. The van der Waals surface area contributed by atoms with Crippen molar-refractivity contribution in [3.63, 3.8) is 0 Å². The van der Waals surface area contributed by atoms with Gasteiger partial charge >= 0.3 is 6.18 Å². The molecule has 1 amide bonds. The first-order valence-electron chi connectivity index (χ1n) is 6.76. The summed E-state index contributed by atoms with van der Waals surface area (Å²) in [4.78, 5) is 11.1. The van der Waals surface area contributed by atoms with Gasteiger partial charge in [0.25, 0.3) is 11.6 Å². The molecule has 2 atom stereocenters. The number of carbonyl (C=O) groups excluding carboxylic acids is 1. The molecule has 0 aliphatic heterocycles. The van der Waals surface area contributed by atoms with Crippen LogP contribution < -0.4 is 5.32 Å². The third kappa shape index (κ3) is 3.67. The van der Waals surface area contributed by atoms with Crippen molar-refractivity contribution in [2.75, 3.05) is 0 Å². The van der Waals surface area contributed by atoms with Crippen LogP contribution in [0.3, 0.4) is 0 Å². The highest BCUT2D eigenvalue weighted by molar-refractivity contribution is 6.30. The van der Waals surface area contributed by atoms with E-state index in [2.05, 4.69) is 5.32 Å². The van der Waals surface area contributed by atoms with Gasteiger partial charge in [0.15, 0.2) is 0 Å². The molecule has 0 aromatic rings. The second-order valence-electron chi connectivity index (χ2n) is 5.42. The smallest absolute Gasteiger partial charge is 0.325 e. The highest BCUT2D eigenvalue weighted by Gasteiger charge is 2.72. The first-order chi connectivity index (χ1) is 10.3. The van der Waals surface area contributed by atoms with E-state index in [9.17, 15) is 31.1 Å². The molecule has 0 aromatic carbocycles. The minimum absolute atomic E-state index is 0.0434. The van der Waals surface area contributed by atoms with Gasteiger partial charge in [0.2, 0.25) is 5.91 Å². The molecule has 1 rings (SSSR count). The number of hydrogen-bond acceptors (Lipinski definition) is 1. The Morgan fingerprint density at radius 1 is 1.30 bits per heavy atom. The number of allylic oxidation sites excluding steroid dienone is 3. The van der Waals surface area contributed by atoms with Gasteiger partial charge in [-0.2, -0.15) is 13.2 Å². The minimum atomic E-state index is -5.78. The number of nitrogens with one attached hydrogen (secondary N) is 1. The molecule has 0 heterocycles. The van der Waals surface area contributed by atoms with Crippen LogP contribution in [-0.2, 0) is 4.79 Å². The molecule has 0 saturated carbocycles. The summed E-state index contributed by atoms with van der Waals surface area (Å²) >= 11 is 5.85. The molecule has 0 fully saturated rings. The molecule has 2 unspecified atom stereocenters. The normalized spacial score (nSPS) is 22.5. The molecular weight excluding hydrogens is 348 g/mol. The number of alkyl halides is 6. The first-order valence-corrected chi connectivity index (χ1v) is 7.14. The predicted molar refractivity (Wildman–Crippen MR) is 73.7 cm³/mol. The fraction of sp³-hybridized carbons (Fsp3) is 0.643. The summed E-state index contributed by atoms with van der Waals surface area (Å²) in [5.41, 5.74) is -4.64. The highest BCUT2D eigenvalue weighted by atomic mass is 35.5. The van der Waals surface area contributed by atoms with Gasteiger partial charge < -0.3 is 5.32 Å². The third-order valence-corrected chi connectivity index (χ3v) is 3.98. The standard InChI is InChI=1S/C14H16ClF6NO/c1-4-8-5-9(6-10(15)11(8)22-7(2)23)13(18,12(3,16)17)14(19,20)21/h5,9H,4,6H2,1-3H3,(H,22,23). The zero-order valence-electron chi connectivity index (χ0n) is 12.6. The van der Waals surface area contributed by atoms with Crippen LogP contribution in [0.15, 0.2) is 22.4 Å². The van der Waals surface area contributed by atoms with Crippen LogP contribution in [-0.4, -0.2) is 23.7 Å². The summed E-state index contributed by atoms with van der Waals surface area (Å²) < 4.78 is 80.5. The molecule has 0 aromatic heterocycles. The summed E-state index contributed by atoms with van der Waals surface area (Å²) in [5.74, 6) is -7.38. The lowest BCUT2D eigenvalue weighted by atomic mass is 9.77. The van der Waals surface area contributed by atoms with Gasteiger partial charge in [-0.25, -0.2) is 13.2 Å². The average molecular weight is 364 g/mol. The van der Waals surface area contributed by atoms with E-state index in [0.717, 1.165) is 13.0 Å². The largest absolute Gasteiger partial charge is 0.429 e. The maximum absolute atomic E-state index is 14.5. The molecule has 9 heteroatoms. The van der Waals surface area contributed by atoms with E-state index in [4.69, 9.17) is 11.6 Å². The van der Waals surface area contributed by atoms with Crippen LogP contribution in [0.25, 0.3) is 0 Å². The number of halogens is 7. The van der Waals surface area contributed by atoms with Gasteiger partial charge in [-0.3, -0.25) is 4.79 Å². The number of carbonyl (C=O) groups is 1. The zero-order valence-corrected chi connectivity index (χ0v) is 13.4. The monoisotopic (exact) mass is 363 g/mol. The van der Waals surface area contributed by atoms with Crippen LogP contribution in [0.1, 0.15) is 33.6 Å². The molecule has 23 heavy (non-hydrogen) atoms. The fourth-order valence-corrected chi connectivity index (χ4v) is 2.85. The molecule has 1 aliphatic rings. The lowest BCUT2D eigenvalue weighted by Crippen LogP contribution is -2.58. The topological polar surface area (TPSA) is 29.1 Å². The summed E-state index contributed by atoms with van der Waals surface area (Å²) in [5, 5.41) is 2.04. The Kier molecular flexibility index (Phi) is 5.51.